The monoisotopic (exact) mass is 464 g/mol. The van der Waals surface area contributed by atoms with Gasteiger partial charge in [0, 0.05) is 0 Å². The summed E-state index contributed by atoms with van der Waals surface area (Å²) in [6.45, 7) is 6.96. The molecule has 2 nitrogen and oxygen atoms in total. The molecule has 2 aromatic rings. The summed E-state index contributed by atoms with van der Waals surface area (Å²) in [4.78, 5) is 0. The van der Waals surface area contributed by atoms with E-state index in [1.54, 1.807) is 7.11 Å². The van der Waals surface area contributed by atoms with Crippen LogP contribution in [0, 0.1) is 0 Å². The first-order valence-electron chi connectivity index (χ1n) is 10.4. The number of ether oxygens (including phenoxy) is 1. The van der Waals surface area contributed by atoms with Crippen LogP contribution in [0.2, 0.25) is 13.3 Å². The van der Waals surface area contributed by atoms with Gasteiger partial charge in [0.1, 0.15) is 0 Å². The van der Waals surface area contributed by atoms with Gasteiger partial charge in [0.2, 0.25) is 0 Å². The summed E-state index contributed by atoms with van der Waals surface area (Å²) in [7, 11) is 1.71. The van der Waals surface area contributed by atoms with E-state index >= 15 is 0 Å². The molecule has 0 aliphatic heterocycles. The number of benzene rings is 1. The Bertz CT molecular complexity index is 608. The average Bonchev–Trinajstić information content (AvgIpc) is 3.18. The van der Waals surface area contributed by atoms with Crippen LogP contribution in [0.1, 0.15) is 59.3 Å². The first-order chi connectivity index (χ1) is 12.7. The van der Waals surface area contributed by atoms with Gasteiger partial charge in [0.15, 0.2) is 0 Å². The van der Waals surface area contributed by atoms with Crippen molar-refractivity contribution in [3.8, 4) is 17.1 Å². The summed E-state index contributed by atoms with van der Waals surface area (Å²) in [6.07, 6.45) is 7.97. The summed E-state index contributed by atoms with van der Waals surface area (Å²) in [5.41, 5.74) is 1.15. The quantitative estimate of drug-likeness (QED) is 0.316. The van der Waals surface area contributed by atoms with Gasteiger partial charge in [0.05, 0.1) is 0 Å². The van der Waals surface area contributed by atoms with Crippen molar-refractivity contribution in [3.05, 3.63) is 36.4 Å². The van der Waals surface area contributed by atoms with E-state index in [1.807, 2.05) is 12.1 Å². The van der Waals surface area contributed by atoms with E-state index in [-0.39, 0.29) is 0 Å². The number of furan rings is 1. The van der Waals surface area contributed by atoms with Crippen molar-refractivity contribution < 1.29 is 9.15 Å². The van der Waals surface area contributed by atoms with Crippen LogP contribution in [0.3, 0.4) is 0 Å². The molecule has 1 aromatic heterocycles. The van der Waals surface area contributed by atoms with Crippen molar-refractivity contribution >= 4 is 22.2 Å². The predicted octanol–water partition coefficient (Wildman–Crippen LogP) is 7.01. The van der Waals surface area contributed by atoms with Crippen LogP contribution < -0.4 is 8.51 Å². The number of hydrogen-bond acceptors (Lipinski definition) is 2. The molecule has 0 radical (unpaired) electrons. The van der Waals surface area contributed by atoms with Crippen molar-refractivity contribution in [1.29, 1.82) is 0 Å². The Kier molecular flexibility index (Phi) is 9.10. The Morgan fingerprint density at radius 2 is 1.31 bits per heavy atom. The summed E-state index contributed by atoms with van der Waals surface area (Å²) in [5, 5.41) is 0. The zero-order chi connectivity index (χ0) is 18.8. The van der Waals surface area contributed by atoms with Gasteiger partial charge >= 0.3 is 164 Å². The molecular formula is C23H36O2Sn. The van der Waals surface area contributed by atoms with E-state index in [4.69, 9.17) is 9.15 Å². The van der Waals surface area contributed by atoms with Crippen LogP contribution in [0.4, 0.5) is 0 Å². The van der Waals surface area contributed by atoms with Crippen molar-refractivity contribution in [3.63, 3.8) is 0 Å². The van der Waals surface area contributed by atoms with Crippen LogP contribution in [-0.2, 0) is 0 Å². The standard InChI is InChI=1S/C11H9O2.3C4H9.Sn/c1-12-10-6-4-9(5-7-10)11-3-2-8-13-11;3*1-3-4-2;/h2-7H,1H3;3*1,3-4H2,2H3;. The van der Waals surface area contributed by atoms with E-state index in [2.05, 4.69) is 45.0 Å². The molecule has 0 saturated heterocycles. The normalized spacial score (nSPS) is 11.7. The molecule has 2 rings (SSSR count). The molecule has 1 heterocycles. The predicted molar refractivity (Wildman–Crippen MR) is 115 cm³/mol. The summed E-state index contributed by atoms with van der Waals surface area (Å²) < 4.78 is 17.6. The van der Waals surface area contributed by atoms with Crippen LogP contribution >= 0.6 is 0 Å². The molecule has 0 N–H and O–H groups in total. The average molecular weight is 463 g/mol. The van der Waals surface area contributed by atoms with E-state index in [1.165, 1.54) is 55.6 Å². The molecule has 0 aliphatic rings. The van der Waals surface area contributed by atoms with Crippen molar-refractivity contribution in [2.24, 2.45) is 0 Å². The SMILES string of the molecule is CCC[CH2][Sn]([CH2]CCC)([CH2]CCC)[c]1ccc(-c2ccc(OC)cc2)o1. The molecular weight excluding hydrogens is 427 g/mol. The minimum absolute atomic E-state index is 0.892. The molecule has 26 heavy (non-hydrogen) atoms. The van der Waals surface area contributed by atoms with Crippen molar-refractivity contribution in [2.75, 3.05) is 7.11 Å². The van der Waals surface area contributed by atoms with Gasteiger partial charge in [-0.25, -0.2) is 0 Å². The molecule has 144 valence electrons. The van der Waals surface area contributed by atoms with Gasteiger partial charge in [-0.15, -0.1) is 0 Å². The molecule has 0 unspecified atom stereocenters. The second-order valence-corrected chi connectivity index (χ2v) is 20.5. The molecule has 0 spiro atoms. The Hall–Kier alpha value is -0.901. The Morgan fingerprint density at radius 1 is 0.769 bits per heavy atom. The van der Waals surface area contributed by atoms with Crippen molar-refractivity contribution in [1.82, 2.24) is 0 Å². The minimum atomic E-state index is -2.46. The van der Waals surface area contributed by atoms with Crippen LogP contribution in [0.25, 0.3) is 11.3 Å². The fourth-order valence-corrected chi connectivity index (χ4v) is 19.1. The van der Waals surface area contributed by atoms with E-state index in [9.17, 15) is 0 Å². The Labute approximate surface area is 164 Å². The van der Waals surface area contributed by atoms with Gasteiger partial charge in [0.25, 0.3) is 0 Å². The number of rotatable bonds is 12. The number of methoxy groups -OCH3 is 1. The Balaban J connectivity index is 2.31. The summed E-state index contributed by atoms with van der Waals surface area (Å²) >= 11 is -2.46. The van der Waals surface area contributed by atoms with E-state index in [0.717, 1.165) is 17.1 Å². The van der Waals surface area contributed by atoms with Crippen LogP contribution in [0.5, 0.6) is 5.75 Å². The number of hydrogen-bond donors (Lipinski definition) is 0. The molecule has 0 fully saturated rings. The van der Waals surface area contributed by atoms with Gasteiger partial charge in [-0.1, -0.05) is 0 Å². The maximum atomic E-state index is 6.55. The van der Waals surface area contributed by atoms with Crippen molar-refractivity contribution in [2.45, 2.75) is 72.6 Å². The topological polar surface area (TPSA) is 22.4 Å². The van der Waals surface area contributed by atoms with Gasteiger partial charge in [-0.2, -0.15) is 0 Å². The third kappa shape index (κ3) is 5.55. The molecule has 0 bridgehead atoms. The molecule has 0 amide bonds. The summed E-state index contributed by atoms with van der Waals surface area (Å²) in [5.74, 6) is 1.91. The summed E-state index contributed by atoms with van der Waals surface area (Å²) in [6, 6.07) is 12.8. The fraction of sp³-hybridized carbons (Fsp3) is 0.565. The third-order valence-electron chi connectivity index (χ3n) is 5.53. The number of unbranched alkanes of at least 4 members (excludes halogenated alkanes) is 3. The fourth-order valence-electron chi connectivity index (χ4n) is 3.82. The second-order valence-electron chi connectivity index (χ2n) is 7.48. The first kappa shape index (κ1) is 21.4. The molecule has 0 atom stereocenters. The zero-order valence-electron chi connectivity index (χ0n) is 17.1. The van der Waals surface area contributed by atoms with Gasteiger partial charge < -0.3 is 0 Å². The van der Waals surface area contributed by atoms with E-state index < -0.39 is 18.4 Å². The molecule has 3 heteroatoms. The first-order valence-corrected chi connectivity index (χ1v) is 17.9. The van der Waals surface area contributed by atoms with Gasteiger partial charge in [-0.05, 0) is 0 Å². The molecule has 0 aliphatic carbocycles. The third-order valence-corrected chi connectivity index (χ3v) is 20.5. The van der Waals surface area contributed by atoms with Crippen LogP contribution in [0.15, 0.2) is 40.8 Å². The molecule has 0 saturated carbocycles. The molecule has 1 aromatic carbocycles. The van der Waals surface area contributed by atoms with E-state index in [0.29, 0.717) is 0 Å². The maximum absolute atomic E-state index is 6.55. The Morgan fingerprint density at radius 3 is 1.77 bits per heavy atom. The second kappa shape index (κ2) is 11.1. The van der Waals surface area contributed by atoms with Gasteiger partial charge in [-0.3, -0.25) is 0 Å². The zero-order valence-corrected chi connectivity index (χ0v) is 20.0. The van der Waals surface area contributed by atoms with Crippen LogP contribution in [-0.4, -0.2) is 25.5 Å².